The average Bonchev–Trinajstić information content (AvgIpc) is 3.37. The van der Waals surface area contributed by atoms with Crippen molar-refractivity contribution in [1.29, 1.82) is 0 Å². The highest BCUT2D eigenvalue weighted by atomic mass is 35.5. The smallest absolute Gasteiger partial charge is 0.261 e. The summed E-state index contributed by atoms with van der Waals surface area (Å²) in [5, 5.41) is 2.61. The van der Waals surface area contributed by atoms with E-state index in [1.165, 1.54) is 28.0 Å². The Morgan fingerprint density at radius 3 is 2.59 bits per heavy atom. The molecular weight excluding hydrogens is 571 g/mol. The van der Waals surface area contributed by atoms with Gasteiger partial charge in [0, 0.05) is 31.9 Å². The number of alkyl halides is 1. The summed E-state index contributed by atoms with van der Waals surface area (Å²) >= 11 is 6.97. The normalized spacial score (nSPS) is 17.8. The third kappa shape index (κ3) is 6.95. The first-order valence-electron chi connectivity index (χ1n) is 12.6. The van der Waals surface area contributed by atoms with E-state index in [0.29, 0.717) is 33.5 Å². The van der Waals surface area contributed by atoms with Gasteiger partial charge in [0.1, 0.15) is 18.8 Å². The highest BCUT2D eigenvalue weighted by Crippen LogP contribution is 2.29. The summed E-state index contributed by atoms with van der Waals surface area (Å²) in [6, 6.07) is 6.38. The highest BCUT2D eigenvalue weighted by Gasteiger charge is 2.34. The molecule has 3 amide bonds. The van der Waals surface area contributed by atoms with Crippen molar-refractivity contribution in [1.82, 2.24) is 14.9 Å². The third-order valence-electron chi connectivity index (χ3n) is 6.62. The molecule has 0 saturated carbocycles. The summed E-state index contributed by atoms with van der Waals surface area (Å²) in [7, 11) is -4.29. The minimum absolute atomic E-state index is 0.0709. The van der Waals surface area contributed by atoms with Gasteiger partial charge in [-0.3, -0.25) is 14.4 Å². The monoisotopic (exact) mass is 600 g/mol. The van der Waals surface area contributed by atoms with Crippen molar-refractivity contribution >= 4 is 56.4 Å². The summed E-state index contributed by atoms with van der Waals surface area (Å²) < 4.78 is 49.2. The number of anilines is 1. The van der Waals surface area contributed by atoms with E-state index in [9.17, 15) is 27.2 Å². The van der Waals surface area contributed by atoms with Crippen molar-refractivity contribution in [3.05, 3.63) is 45.1 Å². The largest absolute Gasteiger partial charge is 0.370 e. The zero-order valence-corrected chi connectivity index (χ0v) is 23.7. The van der Waals surface area contributed by atoms with Crippen LogP contribution < -0.4 is 14.9 Å². The minimum Gasteiger partial charge on any atom is -0.370 e. The summed E-state index contributed by atoms with van der Waals surface area (Å²) in [5.74, 6) is -1.35. The predicted molar refractivity (Wildman–Crippen MR) is 145 cm³/mol. The number of hydrogen-bond acceptors (Lipinski definition) is 7. The number of nitrogens with one attached hydrogen (secondary N) is 2. The Bertz CT molecular complexity index is 1330. The van der Waals surface area contributed by atoms with Gasteiger partial charge in [-0.05, 0) is 49.1 Å². The Kier molecular flexibility index (Phi) is 9.60. The van der Waals surface area contributed by atoms with Gasteiger partial charge >= 0.3 is 0 Å². The summed E-state index contributed by atoms with van der Waals surface area (Å²) in [4.78, 5) is 41.7. The molecule has 0 aliphatic carbocycles. The van der Waals surface area contributed by atoms with Crippen LogP contribution in [0.2, 0.25) is 4.34 Å². The number of rotatable bonds is 9. The SMILES string of the molecule is CCc1c(N2CCOCC2=O)cccc1S(=O)(=O)N[C@@H](CNC(=O)c1ccc(Cl)s1)C(=O)N1CCC(F)CC1. The number of halogens is 2. The first kappa shape index (κ1) is 29.4. The quantitative estimate of drug-likeness (QED) is 0.455. The first-order chi connectivity index (χ1) is 18.6. The van der Waals surface area contributed by atoms with Crippen LogP contribution in [0.3, 0.4) is 0 Å². The Labute approximate surface area is 235 Å². The van der Waals surface area contributed by atoms with Crippen LogP contribution in [-0.4, -0.2) is 82.6 Å². The van der Waals surface area contributed by atoms with E-state index >= 15 is 0 Å². The molecule has 1 atom stereocenters. The van der Waals surface area contributed by atoms with Gasteiger partial charge in [-0.2, -0.15) is 4.72 Å². The van der Waals surface area contributed by atoms with Crippen LogP contribution in [0.5, 0.6) is 0 Å². The molecule has 2 aromatic rings. The first-order valence-corrected chi connectivity index (χ1v) is 15.3. The second kappa shape index (κ2) is 12.7. The molecule has 1 aromatic carbocycles. The molecule has 2 N–H and O–H groups in total. The molecular formula is C25H30ClFN4O6S2. The number of nitrogens with zero attached hydrogens (tertiary/aromatic N) is 2. The number of carbonyl (C=O) groups excluding carboxylic acids is 3. The van der Waals surface area contributed by atoms with E-state index in [-0.39, 0.29) is 56.4 Å². The maximum absolute atomic E-state index is 13.7. The predicted octanol–water partition coefficient (Wildman–Crippen LogP) is 2.36. The van der Waals surface area contributed by atoms with Crippen LogP contribution in [-0.2, 0) is 30.8 Å². The molecule has 4 rings (SSSR count). The average molecular weight is 601 g/mol. The number of hydrogen-bond donors (Lipinski definition) is 2. The van der Waals surface area contributed by atoms with Crippen molar-refractivity contribution in [2.24, 2.45) is 0 Å². The van der Waals surface area contributed by atoms with E-state index in [4.69, 9.17) is 16.3 Å². The molecule has 10 nitrogen and oxygen atoms in total. The lowest BCUT2D eigenvalue weighted by molar-refractivity contribution is -0.134. The molecule has 39 heavy (non-hydrogen) atoms. The molecule has 0 bridgehead atoms. The molecule has 2 saturated heterocycles. The second-order valence-electron chi connectivity index (χ2n) is 9.19. The van der Waals surface area contributed by atoms with Gasteiger partial charge < -0.3 is 19.9 Å². The highest BCUT2D eigenvalue weighted by molar-refractivity contribution is 7.89. The Morgan fingerprint density at radius 2 is 1.95 bits per heavy atom. The molecule has 0 spiro atoms. The van der Waals surface area contributed by atoms with Crippen LogP contribution >= 0.6 is 22.9 Å². The Hall–Kier alpha value is -2.58. The van der Waals surface area contributed by atoms with Crippen LogP contribution in [0.4, 0.5) is 10.1 Å². The molecule has 2 aliphatic heterocycles. The number of sulfonamides is 1. The maximum Gasteiger partial charge on any atom is 0.261 e. The summed E-state index contributed by atoms with van der Waals surface area (Å²) in [6.07, 6.45) is -0.415. The number of carbonyl (C=O) groups is 3. The molecule has 2 fully saturated rings. The van der Waals surface area contributed by atoms with Crippen LogP contribution in [0.1, 0.15) is 35.0 Å². The Balaban J connectivity index is 1.60. The fourth-order valence-electron chi connectivity index (χ4n) is 4.62. The van der Waals surface area contributed by atoms with Crippen molar-refractivity contribution in [2.45, 2.75) is 43.3 Å². The number of piperidine rings is 1. The fraction of sp³-hybridized carbons (Fsp3) is 0.480. The molecule has 2 aliphatic rings. The third-order valence-corrected chi connectivity index (χ3v) is 9.41. The van der Waals surface area contributed by atoms with Crippen LogP contribution in [0.15, 0.2) is 35.2 Å². The number of morpholine rings is 1. The van der Waals surface area contributed by atoms with E-state index in [2.05, 4.69) is 10.0 Å². The Morgan fingerprint density at radius 1 is 1.21 bits per heavy atom. The van der Waals surface area contributed by atoms with Crippen molar-refractivity contribution in [3.63, 3.8) is 0 Å². The number of benzene rings is 1. The van der Waals surface area contributed by atoms with Crippen molar-refractivity contribution in [2.75, 3.05) is 44.3 Å². The lowest BCUT2D eigenvalue weighted by Crippen LogP contribution is -2.55. The van der Waals surface area contributed by atoms with E-state index in [1.54, 1.807) is 19.1 Å². The standard InChI is InChI=1S/C25H30ClFN4O6S2/c1-2-17-19(31-12-13-37-15-23(31)32)4-3-5-21(17)39(35,36)29-18(25(34)30-10-8-16(27)9-11-30)14-28-24(33)20-6-7-22(26)38-20/h3-7,16,18,29H,2,8-15H2,1H3,(H,28,33)/t18-/m0/s1. The van der Waals surface area contributed by atoms with Gasteiger partial charge in [-0.25, -0.2) is 12.8 Å². The summed E-state index contributed by atoms with van der Waals surface area (Å²) in [5.41, 5.74) is 0.881. The second-order valence-corrected chi connectivity index (χ2v) is 12.6. The van der Waals surface area contributed by atoms with Gasteiger partial charge in [0.05, 0.1) is 20.7 Å². The van der Waals surface area contributed by atoms with E-state index in [1.807, 2.05) is 0 Å². The summed E-state index contributed by atoms with van der Waals surface area (Å²) in [6.45, 7) is 2.24. The number of thiophene rings is 1. The van der Waals surface area contributed by atoms with E-state index in [0.717, 1.165) is 11.3 Å². The maximum atomic E-state index is 13.7. The lowest BCUT2D eigenvalue weighted by atomic mass is 10.1. The lowest BCUT2D eigenvalue weighted by Gasteiger charge is -2.32. The zero-order chi connectivity index (χ0) is 28.2. The molecule has 14 heteroatoms. The number of ether oxygens (including phenoxy) is 1. The van der Waals surface area contributed by atoms with Gasteiger partial charge in [0.15, 0.2) is 0 Å². The number of likely N-dealkylation sites (tertiary alicyclic amines) is 1. The van der Waals surface area contributed by atoms with Crippen LogP contribution in [0.25, 0.3) is 0 Å². The van der Waals surface area contributed by atoms with Gasteiger partial charge in [0.25, 0.3) is 11.8 Å². The van der Waals surface area contributed by atoms with Crippen molar-refractivity contribution < 1.29 is 31.9 Å². The number of amides is 3. The molecule has 1 aromatic heterocycles. The topological polar surface area (TPSA) is 125 Å². The minimum atomic E-state index is -4.29. The molecule has 212 valence electrons. The van der Waals surface area contributed by atoms with Gasteiger partial charge in [0.2, 0.25) is 15.9 Å². The molecule has 3 heterocycles. The van der Waals surface area contributed by atoms with Gasteiger partial charge in [-0.15, -0.1) is 11.3 Å². The zero-order valence-electron chi connectivity index (χ0n) is 21.3. The fourth-order valence-corrected chi connectivity index (χ4v) is 7.10. The molecule has 0 unspecified atom stereocenters. The molecule has 0 radical (unpaired) electrons. The van der Waals surface area contributed by atoms with Gasteiger partial charge in [-0.1, -0.05) is 24.6 Å². The van der Waals surface area contributed by atoms with Crippen molar-refractivity contribution in [3.8, 4) is 0 Å². The van der Waals surface area contributed by atoms with Crippen LogP contribution in [0, 0.1) is 0 Å². The van der Waals surface area contributed by atoms with E-state index < -0.39 is 34.1 Å².